The molecule has 15 heteroatoms. The van der Waals surface area contributed by atoms with Crippen LogP contribution in [0.1, 0.15) is 32.3 Å². The molecule has 2 aromatic carbocycles. The van der Waals surface area contributed by atoms with Crippen molar-refractivity contribution < 1.29 is 36.0 Å². The van der Waals surface area contributed by atoms with Gasteiger partial charge >= 0.3 is 6.18 Å². The first-order valence-corrected chi connectivity index (χ1v) is 10.2. The first-order valence-electron chi connectivity index (χ1n) is 9.81. The molecule has 0 saturated carbocycles. The Bertz CT molecular complexity index is 1430. The predicted molar refractivity (Wildman–Crippen MR) is 114 cm³/mol. The molecule has 0 atom stereocenters. The third-order valence-corrected chi connectivity index (χ3v) is 4.96. The molecule has 0 fully saturated rings. The highest BCUT2D eigenvalue weighted by Crippen LogP contribution is 2.30. The van der Waals surface area contributed by atoms with Gasteiger partial charge in [-0.1, -0.05) is 11.6 Å². The Labute approximate surface area is 202 Å². The van der Waals surface area contributed by atoms with Gasteiger partial charge in [-0.15, -0.1) is 10.2 Å². The molecule has 0 bridgehead atoms. The van der Waals surface area contributed by atoms with Crippen LogP contribution in [0.3, 0.4) is 0 Å². The summed E-state index contributed by atoms with van der Waals surface area (Å²) in [5, 5.41) is 18.0. The summed E-state index contributed by atoms with van der Waals surface area (Å²) in [7, 11) is 0. The fourth-order valence-corrected chi connectivity index (χ4v) is 3.11. The van der Waals surface area contributed by atoms with E-state index in [0.717, 1.165) is 12.1 Å². The van der Waals surface area contributed by atoms with E-state index in [4.69, 9.17) is 16.0 Å². The number of benzene rings is 2. The van der Waals surface area contributed by atoms with Crippen molar-refractivity contribution in [1.82, 2.24) is 25.7 Å². The topological polar surface area (TPSA) is 126 Å². The van der Waals surface area contributed by atoms with Gasteiger partial charge in [-0.25, -0.2) is 8.78 Å². The van der Waals surface area contributed by atoms with Crippen molar-refractivity contribution >= 4 is 29.2 Å². The third-order valence-electron chi connectivity index (χ3n) is 4.64. The first kappa shape index (κ1) is 24.8. The van der Waals surface area contributed by atoms with Crippen LogP contribution in [-0.2, 0) is 12.7 Å². The van der Waals surface area contributed by atoms with Gasteiger partial charge in [-0.3, -0.25) is 14.7 Å². The van der Waals surface area contributed by atoms with Gasteiger partial charge in [0.05, 0.1) is 22.7 Å². The van der Waals surface area contributed by atoms with Gasteiger partial charge in [0.1, 0.15) is 5.69 Å². The summed E-state index contributed by atoms with van der Waals surface area (Å²) >= 11 is 5.76. The number of amides is 2. The van der Waals surface area contributed by atoms with Crippen LogP contribution >= 0.6 is 11.6 Å². The minimum atomic E-state index is -4.48. The van der Waals surface area contributed by atoms with Crippen LogP contribution in [0.4, 0.5) is 27.8 Å². The van der Waals surface area contributed by atoms with Crippen molar-refractivity contribution in [1.29, 1.82) is 0 Å². The summed E-state index contributed by atoms with van der Waals surface area (Å²) in [5.74, 6) is -4.23. The normalized spacial score (nSPS) is 11.4. The Balaban J connectivity index is 1.35. The highest BCUT2D eigenvalue weighted by molar-refractivity contribution is 6.34. The quantitative estimate of drug-likeness (QED) is 0.249. The largest absolute Gasteiger partial charge is 0.419 e. The van der Waals surface area contributed by atoms with E-state index in [0.29, 0.717) is 12.1 Å². The first-order chi connectivity index (χ1) is 17.0. The standard InChI is InChI=1S/C21H12ClF5N6O3/c22-12-6-14(24)13(23)5-11(12)18(34)29-16-7-15(30-31-16)19(35)28-8-17-32-33-20(36-17)9-1-3-10(4-2-9)21(25,26)27/h1-7H,8H2,(H,28,35)(H2,29,30,31,34). The molecule has 2 amide bonds. The van der Waals surface area contributed by atoms with Crippen LogP contribution in [-0.4, -0.2) is 32.2 Å². The molecular weight excluding hydrogens is 515 g/mol. The predicted octanol–water partition coefficient (Wildman–Crippen LogP) is 4.59. The van der Waals surface area contributed by atoms with Crippen LogP contribution in [0.2, 0.25) is 5.02 Å². The second-order valence-corrected chi connectivity index (χ2v) is 7.53. The number of H-pyrrole nitrogens is 1. The number of rotatable bonds is 6. The molecule has 0 spiro atoms. The van der Waals surface area contributed by atoms with Crippen molar-refractivity contribution in [3.8, 4) is 11.5 Å². The van der Waals surface area contributed by atoms with Crippen molar-refractivity contribution in [2.45, 2.75) is 12.7 Å². The number of nitrogens with one attached hydrogen (secondary N) is 3. The van der Waals surface area contributed by atoms with Crippen molar-refractivity contribution in [2.75, 3.05) is 5.32 Å². The number of nitrogens with zero attached hydrogens (tertiary/aromatic N) is 3. The molecule has 4 aromatic rings. The van der Waals surface area contributed by atoms with Gasteiger partial charge in [-0.05, 0) is 36.4 Å². The lowest BCUT2D eigenvalue weighted by Crippen LogP contribution is -2.23. The molecule has 2 aromatic heterocycles. The van der Waals surface area contributed by atoms with Crippen LogP contribution in [0, 0.1) is 11.6 Å². The number of carbonyl (C=O) groups excluding carboxylic acids is 2. The molecule has 0 aliphatic carbocycles. The maximum Gasteiger partial charge on any atom is 0.416 e. The van der Waals surface area contributed by atoms with E-state index in [9.17, 15) is 31.5 Å². The van der Waals surface area contributed by atoms with Crippen molar-refractivity contribution in [3.63, 3.8) is 0 Å². The molecule has 0 aliphatic rings. The van der Waals surface area contributed by atoms with Crippen LogP contribution in [0.25, 0.3) is 11.5 Å². The fourth-order valence-electron chi connectivity index (χ4n) is 2.88. The van der Waals surface area contributed by atoms with Gasteiger partial charge in [0.2, 0.25) is 11.8 Å². The summed E-state index contributed by atoms with van der Waals surface area (Å²) in [6.45, 7) is -0.225. The Hall–Kier alpha value is -4.33. The monoisotopic (exact) mass is 526 g/mol. The van der Waals surface area contributed by atoms with Crippen LogP contribution in [0.15, 0.2) is 46.9 Å². The number of halogens is 6. The zero-order chi connectivity index (χ0) is 26.0. The Morgan fingerprint density at radius 3 is 2.39 bits per heavy atom. The van der Waals surface area contributed by atoms with E-state index in [2.05, 4.69) is 31.0 Å². The minimum absolute atomic E-state index is 0.0285. The molecular formula is C21H12ClF5N6O3. The number of hydrogen-bond donors (Lipinski definition) is 3. The molecule has 4 rings (SSSR count). The van der Waals surface area contributed by atoms with E-state index in [-0.39, 0.29) is 46.0 Å². The average molecular weight is 527 g/mol. The molecule has 0 unspecified atom stereocenters. The molecule has 3 N–H and O–H groups in total. The zero-order valence-electron chi connectivity index (χ0n) is 17.6. The maximum absolute atomic E-state index is 13.4. The van der Waals surface area contributed by atoms with Gasteiger partial charge < -0.3 is 15.1 Å². The van der Waals surface area contributed by atoms with Crippen LogP contribution < -0.4 is 10.6 Å². The number of hydrogen-bond acceptors (Lipinski definition) is 6. The minimum Gasteiger partial charge on any atom is -0.419 e. The Kier molecular flexibility index (Phi) is 6.70. The highest BCUT2D eigenvalue weighted by Gasteiger charge is 2.30. The summed E-state index contributed by atoms with van der Waals surface area (Å²) < 4.78 is 70.0. The number of alkyl halides is 3. The van der Waals surface area contributed by atoms with E-state index in [1.54, 1.807) is 0 Å². The van der Waals surface area contributed by atoms with E-state index in [1.165, 1.54) is 18.2 Å². The van der Waals surface area contributed by atoms with Crippen molar-refractivity contribution in [2.24, 2.45) is 0 Å². The second-order valence-electron chi connectivity index (χ2n) is 7.13. The Morgan fingerprint density at radius 2 is 1.69 bits per heavy atom. The van der Waals surface area contributed by atoms with E-state index < -0.39 is 35.2 Å². The summed E-state index contributed by atoms with van der Waals surface area (Å²) in [5.41, 5.74) is -1.00. The molecule has 0 radical (unpaired) electrons. The second kappa shape index (κ2) is 9.73. The van der Waals surface area contributed by atoms with Crippen LogP contribution in [0.5, 0.6) is 0 Å². The molecule has 36 heavy (non-hydrogen) atoms. The van der Waals surface area contributed by atoms with Gasteiger partial charge in [0, 0.05) is 11.6 Å². The number of aromatic amines is 1. The summed E-state index contributed by atoms with van der Waals surface area (Å²) in [6.07, 6.45) is -4.48. The summed E-state index contributed by atoms with van der Waals surface area (Å²) in [6, 6.07) is 6.53. The fraction of sp³-hybridized carbons (Fsp3) is 0.0952. The lowest BCUT2D eigenvalue weighted by Gasteiger charge is -2.05. The SMILES string of the molecule is O=C(NCc1nnc(-c2ccc(C(F)(F)F)cc2)o1)c1cc(NC(=O)c2cc(F)c(F)cc2Cl)n[nH]1. The van der Waals surface area contributed by atoms with E-state index in [1.807, 2.05) is 0 Å². The van der Waals surface area contributed by atoms with Crippen molar-refractivity contribution in [3.05, 3.63) is 81.8 Å². The van der Waals surface area contributed by atoms with E-state index >= 15 is 0 Å². The summed E-state index contributed by atoms with van der Waals surface area (Å²) in [4.78, 5) is 24.6. The molecule has 0 aliphatic heterocycles. The lowest BCUT2D eigenvalue weighted by atomic mass is 10.1. The smallest absolute Gasteiger partial charge is 0.416 e. The number of anilines is 1. The zero-order valence-corrected chi connectivity index (χ0v) is 18.3. The maximum atomic E-state index is 13.4. The third kappa shape index (κ3) is 5.49. The van der Waals surface area contributed by atoms with Gasteiger partial charge in [-0.2, -0.15) is 18.3 Å². The lowest BCUT2D eigenvalue weighted by molar-refractivity contribution is -0.137. The highest BCUT2D eigenvalue weighted by atomic mass is 35.5. The molecule has 9 nitrogen and oxygen atoms in total. The molecule has 186 valence electrons. The number of aromatic nitrogens is 4. The van der Waals surface area contributed by atoms with Gasteiger partial charge in [0.25, 0.3) is 11.8 Å². The average Bonchev–Trinajstić information content (AvgIpc) is 3.49. The Morgan fingerprint density at radius 1 is 1.00 bits per heavy atom. The molecule has 0 saturated heterocycles. The van der Waals surface area contributed by atoms with Gasteiger partial charge in [0.15, 0.2) is 17.5 Å². The molecule has 2 heterocycles. The number of carbonyl (C=O) groups is 2.